The first-order valence-electron chi connectivity index (χ1n) is 10.7. The molecule has 0 aromatic heterocycles. The standard InChI is InChI=1S/C22H38N4O3/c1-3-4-5-6-7-8-11-21(27)26-17-18-12-13-19(20(16-18)28-2)29-15-10-9-14-25-22(23)24/h12-13,16H,3-11,14-15,17H2,1-2H3,(H,26,27)(H4,23,24,25). The molecule has 164 valence electrons. The minimum Gasteiger partial charge on any atom is -0.493 e. The predicted molar refractivity (Wildman–Crippen MR) is 118 cm³/mol. The number of ether oxygens (including phenoxy) is 2. The summed E-state index contributed by atoms with van der Waals surface area (Å²) in [4.78, 5) is 15.9. The second-order valence-corrected chi connectivity index (χ2v) is 7.14. The monoisotopic (exact) mass is 406 g/mol. The second-order valence-electron chi connectivity index (χ2n) is 7.14. The van der Waals surface area contributed by atoms with Crippen LogP contribution in [-0.4, -0.2) is 32.1 Å². The van der Waals surface area contributed by atoms with Crippen LogP contribution in [0, 0.1) is 0 Å². The molecular weight excluding hydrogens is 368 g/mol. The number of aliphatic imine (C=N–C) groups is 1. The van der Waals surface area contributed by atoms with Gasteiger partial charge in [-0.3, -0.25) is 9.79 Å². The Kier molecular flexibility index (Phi) is 13.1. The summed E-state index contributed by atoms with van der Waals surface area (Å²) < 4.78 is 11.2. The molecule has 7 heteroatoms. The average molecular weight is 407 g/mol. The van der Waals surface area contributed by atoms with Gasteiger partial charge < -0.3 is 26.3 Å². The molecule has 0 bridgehead atoms. The quantitative estimate of drug-likeness (QED) is 0.221. The lowest BCUT2D eigenvalue weighted by Gasteiger charge is -2.12. The number of nitrogens with two attached hydrogens (primary N) is 2. The number of guanidine groups is 1. The molecule has 0 aliphatic carbocycles. The SMILES string of the molecule is CCCCCCCCC(=O)NCc1ccc(OCCCCN=C(N)N)c(OC)c1. The smallest absolute Gasteiger partial charge is 0.220 e. The molecule has 0 saturated carbocycles. The molecule has 0 atom stereocenters. The van der Waals surface area contributed by atoms with E-state index in [1.165, 1.54) is 25.7 Å². The molecule has 1 aromatic rings. The van der Waals surface area contributed by atoms with E-state index >= 15 is 0 Å². The third kappa shape index (κ3) is 11.9. The normalized spacial score (nSPS) is 10.4. The number of rotatable bonds is 16. The second kappa shape index (κ2) is 15.5. The van der Waals surface area contributed by atoms with Crippen molar-refractivity contribution in [3.05, 3.63) is 23.8 Å². The van der Waals surface area contributed by atoms with E-state index in [0.717, 1.165) is 31.2 Å². The number of nitrogens with zero attached hydrogens (tertiary/aromatic N) is 1. The molecule has 0 aliphatic rings. The molecule has 7 nitrogen and oxygen atoms in total. The Morgan fingerprint density at radius 3 is 2.52 bits per heavy atom. The van der Waals surface area contributed by atoms with Gasteiger partial charge in [-0.1, -0.05) is 45.1 Å². The summed E-state index contributed by atoms with van der Waals surface area (Å²) in [5.41, 5.74) is 11.6. The largest absolute Gasteiger partial charge is 0.493 e. The van der Waals surface area contributed by atoms with Crippen molar-refractivity contribution in [3.8, 4) is 11.5 Å². The molecule has 1 rings (SSSR count). The highest BCUT2D eigenvalue weighted by atomic mass is 16.5. The summed E-state index contributed by atoms with van der Waals surface area (Å²) in [6.45, 7) is 3.85. The zero-order valence-electron chi connectivity index (χ0n) is 18.0. The van der Waals surface area contributed by atoms with Gasteiger partial charge in [0.1, 0.15) is 0 Å². The van der Waals surface area contributed by atoms with Gasteiger partial charge in [-0.05, 0) is 37.0 Å². The Morgan fingerprint density at radius 2 is 1.79 bits per heavy atom. The van der Waals surface area contributed by atoms with Gasteiger partial charge in [0.15, 0.2) is 17.5 Å². The molecule has 5 N–H and O–H groups in total. The number of carbonyl (C=O) groups is 1. The Morgan fingerprint density at radius 1 is 1.03 bits per heavy atom. The molecule has 0 saturated heterocycles. The van der Waals surface area contributed by atoms with Gasteiger partial charge in [-0.15, -0.1) is 0 Å². The van der Waals surface area contributed by atoms with E-state index < -0.39 is 0 Å². The number of amides is 1. The molecule has 0 unspecified atom stereocenters. The summed E-state index contributed by atoms with van der Waals surface area (Å²) in [6, 6.07) is 5.73. The van der Waals surface area contributed by atoms with Crippen molar-refractivity contribution in [1.82, 2.24) is 5.32 Å². The summed E-state index contributed by atoms with van der Waals surface area (Å²) in [7, 11) is 1.61. The molecule has 0 spiro atoms. The molecule has 1 amide bonds. The van der Waals surface area contributed by atoms with E-state index in [-0.39, 0.29) is 11.9 Å². The van der Waals surface area contributed by atoms with Crippen LogP contribution in [0.4, 0.5) is 0 Å². The van der Waals surface area contributed by atoms with E-state index in [0.29, 0.717) is 37.6 Å². The molecule has 29 heavy (non-hydrogen) atoms. The van der Waals surface area contributed by atoms with Crippen LogP contribution in [0.15, 0.2) is 23.2 Å². The van der Waals surface area contributed by atoms with Gasteiger partial charge in [0.05, 0.1) is 13.7 Å². The number of nitrogens with one attached hydrogen (secondary N) is 1. The van der Waals surface area contributed by atoms with Crippen LogP contribution in [-0.2, 0) is 11.3 Å². The molecule has 1 aromatic carbocycles. The zero-order valence-corrected chi connectivity index (χ0v) is 18.0. The van der Waals surface area contributed by atoms with Crippen LogP contribution >= 0.6 is 0 Å². The highest BCUT2D eigenvalue weighted by Crippen LogP contribution is 2.28. The van der Waals surface area contributed by atoms with E-state index in [1.54, 1.807) is 7.11 Å². The van der Waals surface area contributed by atoms with Crippen molar-refractivity contribution in [1.29, 1.82) is 0 Å². The van der Waals surface area contributed by atoms with Gasteiger partial charge in [-0.2, -0.15) is 0 Å². The van der Waals surface area contributed by atoms with Gasteiger partial charge in [0, 0.05) is 19.5 Å². The molecule has 0 fully saturated rings. The van der Waals surface area contributed by atoms with Crippen molar-refractivity contribution >= 4 is 11.9 Å². The lowest BCUT2D eigenvalue weighted by atomic mass is 10.1. The maximum absolute atomic E-state index is 12.0. The predicted octanol–water partition coefficient (Wildman–Crippen LogP) is 3.49. The van der Waals surface area contributed by atoms with Crippen molar-refractivity contribution < 1.29 is 14.3 Å². The Hall–Kier alpha value is -2.44. The first kappa shape index (κ1) is 24.6. The van der Waals surface area contributed by atoms with Gasteiger partial charge in [0.2, 0.25) is 5.91 Å². The number of hydrogen-bond acceptors (Lipinski definition) is 4. The number of unbranched alkanes of at least 4 members (excludes halogenated alkanes) is 6. The van der Waals surface area contributed by atoms with Crippen LogP contribution in [0.2, 0.25) is 0 Å². The molecule has 0 heterocycles. The van der Waals surface area contributed by atoms with Crippen molar-refractivity contribution in [2.75, 3.05) is 20.3 Å². The van der Waals surface area contributed by atoms with Crippen LogP contribution in [0.3, 0.4) is 0 Å². The van der Waals surface area contributed by atoms with Gasteiger partial charge in [0.25, 0.3) is 0 Å². The lowest BCUT2D eigenvalue weighted by Crippen LogP contribution is -2.23. The Balaban J connectivity index is 2.31. The van der Waals surface area contributed by atoms with E-state index in [1.807, 2.05) is 18.2 Å². The van der Waals surface area contributed by atoms with E-state index in [9.17, 15) is 4.79 Å². The summed E-state index contributed by atoms with van der Waals surface area (Å²) in [6.07, 6.45) is 9.37. The number of hydrogen-bond donors (Lipinski definition) is 3. The van der Waals surface area contributed by atoms with Crippen LogP contribution < -0.4 is 26.3 Å². The van der Waals surface area contributed by atoms with Crippen LogP contribution in [0.5, 0.6) is 11.5 Å². The highest BCUT2D eigenvalue weighted by molar-refractivity contribution is 5.76. The average Bonchev–Trinajstić information content (AvgIpc) is 2.71. The van der Waals surface area contributed by atoms with Crippen LogP contribution in [0.25, 0.3) is 0 Å². The number of benzene rings is 1. The fourth-order valence-electron chi connectivity index (χ4n) is 2.90. The molecule has 0 radical (unpaired) electrons. The lowest BCUT2D eigenvalue weighted by molar-refractivity contribution is -0.121. The third-order valence-electron chi connectivity index (χ3n) is 4.58. The maximum Gasteiger partial charge on any atom is 0.220 e. The highest BCUT2D eigenvalue weighted by Gasteiger charge is 2.07. The van der Waals surface area contributed by atoms with Gasteiger partial charge >= 0.3 is 0 Å². The first-order valence-corrected chi connectivity index (χ1v) is 10.7. The van der Waals surface area contributed by atoms with E-state index in [4.69, 9.17) is 20.9 Å². The molecule has 0 aliphatic heterocycles. The summed E-state index contributed by atoms with van der Waals surface area (Å²) >= 11 is 0. The zero-order chi connectivity index (χ0) is 21.3. The molecular formula is C22H38N4O3. The Bertz CT molecular complexity index is 616. The minimum absolute atomic E-state index is 0.0977. The number of carbonyl (C=O) groups excluding carboxylic acids is 1. The van der Waals surface area contributed by atoms with Crippen molar-refractivity contribution in [2.24, 2.45) is 16.5 Å². The van der Waals surface area contributed by atoms with Crippen molar-refractivity contribution in [3.63, 3.8) is 0 Å². The first-order chi connectivity index (χ1) is 14.1. The summed E-state index contributed by atoms with van der Waals surface area (Å²) in [5.74, 6) is 1.57. The minimum atomic E-state index is 0.0977. The fraction of sp³-hybridized carbons (Fsp3) is 0.636. The Labute approximate surface area is 175 Å². The topological polar surface area (TPSA) is 112 Å². The van der Waals surface area contributed by atoms with Gasteiger partial charge in [-0.25, -0.2) is 0 Å². The van der Waals surface area contributed by atoms with Crippen LogP contribution in [0.1, 0.15) is 70.3 Å². The number of methoxy groups -OCH3 is 1. The van der Waals surface area contributed by atoms with E-state index in [2.05, 4.69) is 17.2 Å². The fourth-order valence-corrected chi connectivity index (χ4v) is 2.90. The maximum atomic E-state index is 12.0. The summed E-state index contributed by atoms with van der Waals surface area (Å²) in [5, 5.41) is 2.98. The third-order valence-corrected chi connectivity index (χ3v) is 4.58. The van der Waals surface area contributed by atoms with Crippen molar-refractivity contribution in [2.45, 2.75) is 71.3 Å².